The number of hydrogen-bond donors (Lipinski definition) is 2. The molecule has 0 radical (unpaired) electrons. The van der Waals surface area contributed by atoms with Gasteiger partial charge < -0.3 is 19.9 Å². The van der Waals surface area contributed by atoms with E-state index in [0.717, 1.165) is 5.56 Å². The van der Waals surface area contributed by atoms with Crippen molar-refractivity contribution in [1.29, 1.82) is 0 Å². The molecular formula is C24H27Cl3N2O6S. The van der Waals surface area contributed by atoms with Crippen LogP contribution in [-0.4, -0.2) is 67.8 Å². The van der Waals surface area contributed by atoms with Crippen molar-refractivity contribution in [3.05, 3.63) is 63.1 Å². The van der Waals surface area contributed by atoms with Gasteiger partial charge in [-0.05, 0) is 54.8 Å². The predicted molar refractivity (Wildman–Crippen MR) is 137 cm³/mol. The van der Waals surface area contributed by atoms with Gasteiger partial charge >= 0.3 is 0 Å². The molecule has 2 aliphatic rings. The molecule has 0 unspecified atom stereocenters. The van der Waals surface area contributed by atoms with Crippen LogP contribution in [0, 0.1) is 0 Å². The maximum Gasteiger partial charge on any atom is 0.243 e. The van der Waals surface area contributed by atoms with Crippen molar-refractivity contribution in [1.82, 2.24) is 9.62 Å². The fourth-order valence-electron chi connectivity index (χ4n) is 4.44. The molecule has 2 aromatic rings. The molecule has 12 heteroatoms. The molecule has 0 bridgehead atoms. The van der Waals surface area contributed by atoms with Gasteiger partial charge in [-0.25, -0.2) is 8.42 Å². The summed E-state index contributed by atoms with van der Waals surface area (Å²) < 4.78 is 40.0. The Labute approximate surface area is 225 Å². The molecule has 196 valence electrons. The zero-order valence-electron chi connectivity index (χ0n) is 19.3. The summed E-state index contributed by atoms with van der Waals surface area (Å²) in [5.41, 5.74) is 0.817. The first-order valence-corrected chi connectivity index (χ1v) is 14.1. The molecule has 2 saturated heterocycles. The number of ether oxygens (including phenoxy) is 2. The van der Waals surface area contributed by atoms with Crippen LogP contribution in [0.25, 0.3) is 0 Å². The van der Waals surface area contributed by atoms with E-state index in [0.29, 0.717) is 34.5 Å². The molecule has 2 heterocycles. The zero-order chi connectivity index (χ0) is 25.9. The minimum absolute atomic E-state index is 0.0198. The number of β-amino-alcohol motifs (C(OH)–C–C–N with tert-alkyl or cyclic N) is 1. The van der Waals surface area contributed by atoms with Crippen molar-refractivity contribution >= 4 is 50.7 Å². The third-order valence-corrected chi connectivity index (χ3v) is 9.14. The van der Waals surface area contributed by atoms with Gasteiger partial charge in [0.25, 0.3) is 0 Å². The number of aliphatic hydroxyl groups is 1. The summed E-state index contributed by atoms with van der Waals surface area (Å²) in [7, 11) is -3.93. The van der Waals surface area contributed by atoms with Gasteiger partial charge in [-0.3, -0.25) is 4.79 Å². The summed E-state index contributed by atoms with van der Waals surface area (Å²) in [5.74, 6) is -0.197. The molecule has 4 atom stereocenters. The van der Waals surface area contributed by atoms with E-state index >= 15 is 0 Å². The molecule has 0 aromatic heterocycles. The van der Waals surface area contributed by atoms with E-state index < -0.39 is 34.4 Å². The van der Waals surface area contributed by atoms with Crippen molar-refractivity contribution in [2.75, 3.05) is 19.8 Å². The van der Waals surface area contributed by atoms with E-state index in [1.165, 1.54) is 28.6 Å². The van der Waals surface area contributed by atoms with Crippen molar-refractivity contribution in [3.63, 3.8) is 0 Å². The van der Waals surface area contributed by atoms with Gasteiger partial charge in [0, 0.05) is 18.1 Å². The summed E-state index contributed by atoms with van der Waals surface area (Å²) in [6.45, 7) is 0.261. The number of amides is 1. The highest BCUT2D eigenvalue weighted by Gasteiger charge is 2.43. The normalized spacial score (nSPS) is 25.4. The van der Waals surface area contributed by atoms with Gasteiger partial charge in [0.05, 0.1) is 58.9 Å². The van der Waals surface area contributed by atoms with E-state index in [2.05, 4.69) is 5.32 Å². The Morgan fingerprint density at radius 3 is 2.53 bits per heavy atom. The maximum absolute atomic E-state index is 13.5. The van der Waals surface area contributed by atoms with Crippen LogP contribution in [0.3, 0.4) is 0 Å². The lowest BCUT2D eigenvalue weighted by molar-refractivity contribution is -0.146. The summed E-state index contributed by atoms with van der Waals surface area (Å²) in [6, 6.07) is 10.5. The van der Waals surface area contributed by atoms with Gasteiger partial charge in [-0.15, -0.1) is 0 Å². The van der Waals surface area contributed by atoms with Crippen molar-refractivity contribution in [3.8, 4) is 0 Å². The Morgan fingerprint density at radius 1 is 1.06 bits per heavy atom. The Balaban J connectivity index is 1.42. The number of sulfonamides is 1. The standard InChI is InChI=1S/C24H27Cl3N2O6S/c25-16-2-5-19(6-3-16)36(32,33)29-12-17(30)13-34-14-23-22(29)8-4-18(35-23)10-24(31)28-11-15-1-7-20(26)21(27)9-15/h1-3,5-7,9,17-18,22-23,30H,4,8,10-14H2,(H,28,31)/t17-,18+,22+,23-/m0/s1. The summed E-state index contributed by atoms with van der Waals surface area (Å²) in [6.07, 6.45) is -0.897. The van der Waals surface area contributed by atoms with E-state index in [9.17, 15) is 18.3 Å². The second kappa shape index (κ2) is 12.0. The van der Waals surface area contributed by atoms with Crippen LogP contribution in [0.15, 0.2) is 47.4 Å². The number of nitrogens with one attached hydrogen (secondary N) is 1. The highest BCUT2D eigenvalue weighted by atomic mass is 35.5. The molecule has 36 heavy (non-hydrogen) atoms. The highest BCUT2D eigenvalue weighted by molar-refractivity contribution is 7.89. The fraction of sp³-hybridized carbons (Fsp3) is 0.458. The van der Waals surface area contributed by atoms with E-state index in [-0.39, 0.29) is 37.0 Å². The topological polar surface area (TPSA) is 105 Å². The van der Waals surface area contributed by atoms with Crippen LogP contribution in [0.2, 0.25) is 15.1 Å². The quantitative estimate of drug-likeness (QED) is 0.543. The summed E-state index contributed by atoms with van der Waals surface area (Å²) in [5, 5.41) is 14.5. The van der Waals surface area contributed by atoms with Gasteiger partial charge in [-0.1, -0.05) is 40.9 Å². The Kier molecular flexibility index (Phi) is 9.17. The number of nitrogens with zero attached hydrogens (tertiary/aromatic N) is 1. The molecule has 2 aromatic carbocycles. The van der Waals surface area contributed by atoms with Crippen LogP contribution in [-0.2, 0) is 30.8 Å². The average Bonchev–Trinajstić information content (AvgIpc) is 2.83. The number of rotatable bonds is 6. The second-order valence-corrected chi connectivity index (χ2v) is 12.0. The van der Waals surface area contributed by atoms with Crippen LogP contribution >= 0.6 is 34.8 Å². The summed E-state index contributed by atoms with van der Waals surface area (Å²) >= 11 is 17.9. The van der Waals surface area contributed by atoms with Crippen molar-refractivity contribution < 1.29 is 27.8 Å². The van der Waals surface area contributed by atoms with E-state index in [4.69, 9.17) is 44.3 Å². The lowest BCUT2D eigenvalue weighted by Crippen LogP contribution is -2.57. The first-order chi connectivity index (χ1) is 17.1. The maximum atomic E-state index is 13.5. The van der Waals surface area contributed by atoms with Gasteiger partial charge in [0.15, 0.2) is 0 Å². The molecule has 4 rings (SSSR count). The molecule has 2 N–H and O–H groups in total. The molecular weight excluding hydrogens is 551 g/mol. The number of aliphatic hydroxyl groups excluding tert-OH is 1. The van der Waals surface area contributed by atoms with Gasteiger partial charge in [-0.2, -0.15) is 4.31 Å². The van der Waals surface area contributed by atoms with Crippen molar-refractivity contribution in [2.45, 2.75) is 55.1 Å². The Morgan fingerprint density at radius 2 is 1.81 bits per heavy atom. The molecule has 0 saturated carbocycles. The first-order valence-electron chi connectivity index (χ1n) is 11.5. The minimum Gasteiger partial charge on any atom is -0.389 e. The predicted octanol–water partition coefficient (Wildman–Crippen LogP) is 3.65. The number of fused-ring (bicyclic) bond motifs is 1. The van der Waals surface area contributed by atoms with E-state index in [1.807, 2.05) is 0 Å². The number of benzene rings is 2. The van der Waals surface area contributed by atoms with Crippen LogP contribution in [0.4, 0.5) is 0 Å². The SMILES string of the molecule is O=C(C[C@H]1CC[C@@H]2[C@H](COC[C@@H](O)CN2S(=O)(=O)c2ccc(Cl)cc2)O1)NCc1ccc(Cl)c(Cl)c1. The second-order valence-electron chi connectivity index (χ2n) is 8.89. The lowest BCUT2D eigenvalue weighted by Gasteiger charge is -2.43. The Bertz CT molecular complexity index is 1180. The zero-order valence-corrected chi connectivity index (χ0v) is 22.4. The fourth-order valence-corrected chi connectivity index (χ4v) is 6.61. The van der Waals surface area contributed by atoms with Gasteiger partial charge in [0.2, 0.25) is 15.9 Å². The first kappa shape index (κ1) is 27.6. The van der Waals surface area contributed by atoms with Crippen LogP contribution in [0.5, 0.6) is 0 Å². The molecule has 2 aliphatic heterocycles. The van der Waals surface area contributed by atoms with E-state index in [1.54, 1.807) is 18.2 Å². The number of halogens is 3. The number of hydrogen-bond acceptors (Lipinski definition) is 6. The highest BCUT2D eigenvalue weighted by Crippen LogP contribution is 2.32. The summed E-state index contributed by atoms with van der Waals surface area (Å²) in [4.78, 5) is 12.7. The molecule has 2 fully saturated rings. The van der Waals surface area contributed by atoms with Crippen LogP contribution in [0.1, 0.15) is 24.8 Å². The lowest BCUT2D eigenvalue weighted by atomic mass is 9.96. The third-order valence-electron chi connectivity index (χ3n) is 6.24. The van der Waals surface area contributed by atoms with Crippen molar-refractivity contribution in [2.24, 2.45) is 0 Å². The minimum atomic E-state index is -3.93. The molecule has 0 spiro atoms. The average molecular weight is 578 g/mol. The third kappa shape index (κ3) is 6.71. The molecule has 1 amide bonds. The number of carbonyl (C=O) groups excluding carboxylic acids is 1. The largest absolute Gasteiger partial charge is 0.389 e. The van der Waals surface area contributed by atoms with Gasteiger partial charge in [0.1, 0.15) is 0 Å². The van der Waals surface area contributed by atoms with Crippen LogP contribution < -0.4 is 5.32 Å². The molecule has 0 aliphatic carbocycles. The smallest absolute Gasteiger partial charge is 0.243 e. The monoisotopic (exact) mass is 576 g/mol. The molecule has 8 nitrogen and oxygen atoms in total. The number of carbonyl (C=O) groups is 1. The Hall–Kier alpha value is -1.43.